The molecule has 1 fully saturated rings. The van der Waals surface area contributed by atoms with Gasteiger partial charge in [-0.25, -0.2) is 4.98 Å². The van der Waals surface area contributed by atoms with Crippen molar-refractivity contribution in [3.05, 3.63) is 30.2 Å². The molecule has 1 atom stereocenters. The molecule has 106 valence electrons. The van der Waals surface area contributed by atoms with E-state index in [0.717, 1.165) is 30.5 Å². The molecular weight excluding hydrogens is 252 g/mol. The van der Waals surface area contributed by atoms with E-state index in [-0.39, 0.29) is 5.91 Å². The summed E-state index contributed by atoms with van der Waals surface area (Å²) in [4.78, 5) is 18.7. The number of nitrogens with zero attached hydrogens (tertiary/aromatic N) is 2. The van der Waals surface area contributed by atoms with Crippen LogP contribution in [0.1, 0.15) is 38.5 Å². The van der Waals surface area contributed by atoms with Crippen molar-refractivity contribution >= 4 is 17.0 Å². The highest BCUT2D eigenvalue weighted by Crippen LogP contribution is 2.19. The maximum absolute atomic E-state index is 12.3. The molecule has 4 nitrogen and oxygen atoms in total. The van der Waals surface area contributed by atoms with Gasteiger partial charge in [0.2, 0.25) is 5.91 Å². The van der Waals surface area contributed by atoms with Gasteiger partial charge in [-0.3, -0.25) is 4.79 Å². The van der Waals surface area contributed by atoms with Crippen molar-refractivity contribution in [3.8, 4) is 0 Å². The number of para-hydroxylation sites is 2. The van der Waals surface area contributed by atoms with Gasteiger partial charge in [0.25, 0.3) is 0 Å². The van der Waals surface area contributed by atoms with E-state index in [0.29, 0.717) is 24.8 Å². The molecule has 3 rings (SSSR count). The number of hydrogen-bond donors (Lipinski definition) is 0. The highest BCUT2D eigenvalue weighted by Gasteiger charge is 2.23. The maximum atomic E-state index is 12.3. The third-order valence-corrected chi connectivity index (χ3v) is 4.01. The van der Waals surface area contributed by atoms with Gasteiger partial charge in [0.1, 0.15) is 5.52 Å². The maximum Gasteiger partial charge on any atom is 0.223 e. The molecule has 1 aromatic carbocycles. The van der Waals surface area contributed by atoms with Crippen LogP contribution in [0.15, 0.2) is 28.7 Å². The van der Waals surface area contributed by atoms with Gasteiger partial charge < -0.3 is 9.32 Å². The van der Waals surface area contributed by atoms with Crippen molar-refractivity contribution in [3.63, 3.8) is 0 Å². The number of amides is 1. The van der Waals surface area contributed by atoms with Crippen LogP contribution in [-0.2, 0) is 11.2 Å². The van der Waals surface area contributed by atoms with Crippen LogP contribution in [-0.4, -0.2) is 28.4 Å². The largest absolute Gasteiger partial charge is 0.441 e. The van der Waals surface area contributed by atoms with Crippen LogP contribution in [0.3, 0.4) is 0 Å². The van der Waals surface area contributed by atoms with E-state index in [4.69, 9.17) is 4.42 Å². The Balaban J connectivity index is 1.62. The summed E-state index contributed by atoms with van der Waals surface area (Å²) in [6.07, 6.45) is 4.54. The van der Waals surface area contributed by atoms with E-state index in [9.17, 15) is 4.79 Å². The molecule has 0 aliphatic carbocycles. The summed E-state index contributed by atoms with van der Waals surface area (Å²) in [5, 5.41) is 0. The molecule has 2 heterocycles. The van der Waals surface area contributed by atoms with Gasteiger partial charge in [-0.1, -0.05) is 12.1 Å². The Morgan fingerprint density at radius 2 is 2.25 bits per heavy atom. The molecule has 4 heteroatoms. The van der Waals surface area contributed by atoms with Crippen LogP contribution in [0.2, 0.25) is 0 Å². The molecule has 1 aliphatic heterocycles. The molecule has 0 bridgehead atoms. The van der Waals surface area contributed by atoms with Gasteiger partial charge in [0, 0.05) is 25.4 Å². The summed E-state index contributed by atoms with van der Waals surface area (Å²) >= 11 is 0. The van der Waals surface area contributed by atoms with Crippen LogP contribution in [0.4, 0.5) is 0 Å². The Hall–Kier alpha value is -1.84. The van der Waals surface area contributed by atoms with Gasteiger partial charge >= 0.3 is 0 Å². The molecule has 0 N–H and O–H groups in total. The third-order valence-electron chi connectivity index (χ3n) is 4.01. The third kappa shape index (κ3) is 2.69. The first-order valence-electron chi connectivity index (χ1n) is 7.38. The summed E-state index contributed by atoms with van der Waals surface area (Å²) in [6, 6.07) is 8.07. The summed E-state index contributed by atoms with van der Waals surface area (Å²) in [5.74, 6) is 0.878. The van der Waals surface area contributed by atoms with E-state index < -0.39 is 0 Å². The van der Waals surface area contributed by atoms with Crippen molar-refractivity contribution in [1.29, 1.82) is 0 Å². The number of oxazole rings is 1. The van der Waals surface area contributed by atoms with E-state index in [1.165, 1.54) is 6.42 Å². The number of hydrogen-bond acceptors (Lipinski definition) is 3. The number of likely N-dealkylation sites (tertiary alicyclic amines) is 1. The van der Waals surface area contributed by atoms with Crippen LogP contribution in [0.5, 0.6) is 0 Å². The van der Waals surface area contributed by atoms with E-state index in [1.54, 1.807) is 0 Å². The molecule has 20 heavy (non-hydrogen) atoms. The molecule has 1 amide bonds. The number of aromatic nitrogens is 1. The quantitative estimate of drug-likeness (QED) is 0.862. The van der Waals surface area contributed by atoms with Crippen LogP contribution in [0, 0.1) is 0 Å². The first-order valence-corrected chi connectivity index (χ1v) is 7.38. The smallest absolute Gasteiger partial charge is 0.223 e. The first-order chi connectivity index (χ1) is 9.74. The van der Waals surface area contributed by atoms with Gasteiger partial charge in [0.05, 0.1) is 0 Å². The number of fused-ring (bicyclic) bond motifs is 1. The Morgan fingerprint density at radius 3 is 3.05 bits per heavy atom. The first kappa shape index (κ1) is 13.2. The Kier molecular flexibility index (Phi) is 3.72. The lowest BCUT2D eigenvalue weighted by atomic mass is 10.0. The monoisotopic (exact) mass is 272 g/mol. The molecule has 0 radical (unpaired) electrons. The minimum absolute atomic E-state index is 0.222. The zero-order valence-electron chi connectivity index (χ0n) is 11.8. The van der Waals surface area contributed by atoms with E-state index >= 15 is 0 Å². The minimum Gasteiger partial charge on any atom is -0.441 e. The fraction of sp³-hybridized carbons (Fsp3) is 0.500. The lowest BCUT2D eigenvalue weighted by Gasteiger charge is -2.33. The van der Waals surface area contributed by atoms with Gasteiger partial charge in [0.15, 0.2) is 11.5 Å². The molecule has 1 unspecified atom stereocenters. The Bertz CT molecular complexity index is 572. The van der Waals surface area contributed by atoms with Crippen molar-refractivity contribution in [2.75, 3.05) is 6.54 Å². The van der Waals surface area contributed by atoms with Crippen molar-refractivity contribution in [1.82, 2.24) is 9.88 Å². The van der Waals surface area contributed by atoms with Gasteiger partial charge in [-0.15, -0.1) is 0 Å². The second kappa shape index (κ2) is 5.65. The summed E-state index contributed by atoms with van der Waals surface area (Å²) < 4.78 is 5.65. The number of carbonyl (C=O) groups is 1. The van der Waals surface area contributed by atoms with E-state index in [2.05, 4.69) is 11.9 Å². The highest BCUT2D eigenvalue weighted by molar-refractivity contribution is 5.77. The summed E-state index contributed by atoms with van der Waals surface area (Å²) in [5.41, 5.74) is 1.66. The molecule has 0 saturated carbocycles. The predicted octanol–water partition coefficient (Wildman–Crippen LogP) is 3.16. The fourth-order valence-electron chi connectivity index (χ4n) is 2.85. The van der Waals surface area contributed by atoms with Crippen LogP contribution >= 0.6 is 0 Å². The molecule has 2 aromatic rings. The average molecular weight is 272 g/mol. The normalized spacial score (nSPS) is 19.4. The molecule has 0 spiro atoms. The topological polar surface area (TPSA) is 46.3 Å². The minimum atomic E-state index is 0.222. The standard InChI is InChI=1S/C16H20N2O2/c1-12-6-4-5-11-18(12)16(19)10-9-15-17-13-7-2-3-8-14(13)20-15/h2-3,7-8,12H,4-6,9-11H2,1H3. The zero-order chi connectivity index (χ0) is 13.9. The van der Waals surface area contributed by atoms with Gasteiger partial charge in [-0.2, -0.15) is 0 Å². The van der Waals surface area contributed by atoms with Gasteiger partial charge in [-0.05, 0) is 38.3 Å². The molecule has 1 aliphatic rings. The average Bonchev–Trinajstić information content (AvgIpc) is 2.88. The number of benzene rings is 1. The summed E-state index contributed by atoms with van der Waals surface area (Å²) in [6.45, 7) is 3.03. The van der Waals surface area contributed by atoms with Crippen molar-refractivity contribution in [2.24, 2.45) is 0 Å². The van der Waals surface area contributed by atoms with Crippen molar-refractivity contribution < 1.29 is 9.21 Å². The second-order valence-electron chi connectivity index (χ2n) is 5.51. The number of aryl methyl sites for hydroxylation is 1. The van der Waals surface area contributed by atoms with Crippen LogP contribution in [0.25, 0.3) is 11.1 Å². The number of rotatable bonds is 3. The number of piperidine rings is 1. The SMILES string of the molecule is CC1CCCCN1C(=O)CCc1nc2ccccc2o1. The molecule has 1 aromatic heterocycles. The van der Waals surface area contributed by atoms with E-state index in [1.807, 2.05) is 29.2 Å². The lowest BCUT2D eigenvalue weighted by Crippen LogP contribution is -2.42. The fourth-order valence-corrected chi connectivity index (χ4v) is 2.85. The number of carbonyl (C=O) groups excluding carboxylic acids is 1. The Morgan fingerprint density at radius 1 is 1.40 bits per heavy atom. The predicted molar refractivity (Wildman–Crippen MR) is 77.4 cm³/mol. The van der Waals surface area contributed by atoms with Crippen LogP contribution < -0.4 is 0 Å². The zero-order valence-corrected chi connectivity index (χ0v) is 11.8. The Labute approximate surface area is 118 Å². The lowest BCUT2D eigenvalue weighted by molar-refractivity contribution is -0.134. The summed E-state index contributed by atoms with van der Waals surface area (Å²) in [7, 11) is 0. The second-order valence-corrected chi connectivity index (χ2v) is 5.51. The molecular formula is C16H20N2O2. The van der Waals surface area contributed by atoms with Crippen molar-refractivity contribution in [2.45, 2.75) is 45.1 Å². The highest BCUT2D eigenvalue weighted by atomic mass is 16.3. The molecule has 1 saturated heterocycles.